The third-order valence-electron chi connectivity index (χ3n) is 6.79. The summed E-state index contributed by atoms with van der Waals surface area (Å²) < 4.78 is 0. The van der Waals surface area contributed by atoms with E-state index in [4.69, 9.17) is 5.73 Å². The van der Waals surface area contributed by atoms with E-state index in [9.17, 15) is 5.11 Å². The van der Waals surface area contributed by atoms with Crippen LogP contribution in [0.2, 0.25) is 0 Å². The van der Waals surface area contributed by atoms with Crippen LogP contribution in [-0.4, -0.2) is 16.7 Å². The zero-order valence-electron chi connectivity index (χ0n) is 11.4. The van der Waals surface area contributed by atoms with Crippen LogP contribution in [0.25, 0.3) is 0 Å². The number of hydrogen-bond acceptors (Lipinski definition) is 2. The first-order valence-corrected chi connectivity index (χ1v) is 8.13. The normalized spacial score (nSPS) is 50.7. The summed E-state index contributed by atoms with van der Waals surface area (Å²) in [6.45, 7) is 0. The summed E-state index contributed by atoms with van der Waals surface area (Å²) in [7, 11) is 0. The van der Waals surface area contributed by atoms with Crippen molar-refractivity contribution in [1.82, 2.24) is 0 Å². The maximum absolute atomic E-state index is 10.9. The van der Waals surface area contributed by atoms with Crippen molar-refractivity contribution in [2.75, 3.05) is 0 Å². The van der Waals surface area contributed by atoms with Gasteiger partial charge in [-0.05, 0) is 74.5 Å². The molecule has 5 aliphatic carbocycles. The Bertz CT molecular complexity index is 306. The fraction of sp³-hybridized carbons (Fsp3) is 1.00. The minimum Gasteiger partial charge on any atom is -0.391 e. The summed E-state index contributed by atoms with van der Waals surface area (Å²) in [4.78, 5) is 0. The quantitative estimate of drug-likeness (QED) is 0.790. The lowest BCUT2D eigenvalue weighted by Gasteiger charge is -2.57. The molecule has 18 heavy (non-hydrogen) atoms. The molecule has 5 saturated carbocycles. The minimum absolute atomic E-state index is 0.213. The summed E-state index contributed by atoms with van der Waals surface area (Å²) in [5.74, 6) is 4.14. The Morgan fingerprint density at radius 1 is 0.889 bits per heavy atom. The van der Waals surface area contributed by atoms with Gasteiger partial charge in [0.05, 0.1) is 6.10 Å². The molecule has 5 aliphatic rings. The Hall–Kier alpha value is -0.0800. The van der Waals surface area contributed by atoms with Gasteiger partial charge in [0.1, 0.15) is 0 Å². The lowest BCUT2D eigenvalue weighted by Crippen LogP contribution is -2.59. The SMILES string of the molecule is NC1(C(O)C2C3CC4CC(C3)CC2C4)CCCC1. The monoisotopic (exact) mass is 249 g/mol. The highest BCUT2D eigenvalue weighted by Gasteiger charge is 2.54. The van der Waals surface area contributed by atoms with Gasteiger partial charge >= 0.3 is 0 Å². The average molecular weight is 249 g/mol. The van der Waals surface area contributed by atoms with Crippen LogP contribution in [0.4, 0.5) is 0 Å². The van der Waals surface area contributed by atoms with E-state index in [1.165, 1.54) is 44.9 Å². The molecule has 3 N–H and O–H groups in total. The van der Waals surface area contributed by atoms with Gasteiger partial charge < -0.3 is 10.8 Å². The topological polar surface area (TPSA) is 46.2 Å². The van der Waals surface area contributed by atoms with E-state index in [-0.39, 0.29) is 11.6 Å². The third kappa shape index (κ3) is 1.61. The van der Waals surface area contributed by atoms with Crippen molar-refractivity contribution < 1.29 is 5.11 Å². The van der Waals surface area contributed by atoms with E-state index in [1.807, 2.05) is 0 Å². The van der Waals surface area contributed by atoms with Crippen LogP contribution in [0.3, 0.4) is 0 Å². The number of aliphatic hydroxyl groups is 1. The minimum atomic E-state index is -0.236. The van der Waals surface area contributed by atoms with Crippen molar-refractivity contribution in [2.24, 2.45) is 35.3 Å². The molecular weight excluding hydrogens is 222 g/mol. The molecule has 0 aliphatic heterocycles. The fourth-order valence-corrected chi connectivity index (χ4v) is 6.20. The van der Waals surface area contributed by atoms with Crippen molar-refractivity contribution in [3.8, 4) is 0 Å². The lowest BCUT2D eigenvalue weighted by atomic mass is 9.49. The smallest absolute Gasteiger partial charge is 0.0752 e. The van der Waals surface area contributed by atoms with Gasteiger partial charge in [0.15, 0.2) is 0 Å². The second-order valence-electron chi connectivity index (χ2n) is 7.89. The molecule has 5 rings (SSSR count). The second kappa shape index (κ2) is 3.96. The molecule has 2 heteroatoms. The molecule has 1 atom stereocenters. The average Bonchev–Trinajstić information content (AvgIpc) is 2.76. The summed E-state index contributed by atoms with van der Waals surface area (Å²) in [5, 5.41) is 10.9. The third-order valence-corrected chi connectivity index (χ3v) is 6.79. The molecule has 0 aromatic carbocycles. The molecule has 1 unspecified atom stereocenters. The molecule has 0 amide bonds. The van der Waals surface area contributed by atoms with Gasteiger partial charge in [0, 0.05) is 5.54 Å². The Morgan fingerprint density at radius 3 is 1.89 bits per heavy atom. The van der Waals surface area contributed by atoms with Crippen LogP contribution in [0, 0.1) is 29.6 Å². The highest BCUT2D eigenvalue weighted by atomic mass is 16.3. The molecule has 2 nitrogen and oxygen atoms in total. The highest BCUT2D eigenvalue weighted by Crippen LogP contribution is 2.58. The number of hydrogen-bond donors (Lipinski definition) is 2. The summed E-state index contributed by atoms with van der Waals surface area (Å²) in [6, 6.07) is 0. The maximum Gasteiger partial charge on any atom is 0.0752 e. The first-order chi connectivity index (χ1) is 8.66. The predicted octanol–water partition coefficient (Wildman–Crippen LogP) is 2.69. The number of nitrogens with two attached hydrogens (primary N) is 1. The zero-order valence-corrected chi connectivity index (χ0v) is 11.4. The summed E-state index contributed by atoms with van der Waals surface area (Å²) in [6.07, 6.45) is 11.4. The van der Waals surface area contributed by atoms with Gasteiger partial charge in [-0.15, -0.1) is 0 Å². The maximum atomic E-state index is 10.9. The molecule has 0 spiro atoms. The van der Waals surface area contributed by atoms with Crippen LogP contribution in [0.1, 0.15) is 57.8 Å². The first kappa shape index (κ1) is 11.7. The molecular formula is C16H27NO. The largest absolute Gasteiger partial charge is 0.391 e. The van der Waals surface area contributed by atoms with E-state index < -0.39 is 0 Å². The van der Waals surface area contributed by atoms with E-state index in [0.29, 0.717) is 5.92 Å². The van der Waals surface area contributed by atoms with Crippen LogP contribution in [-0.2, 0) is 0 Å². The van der Waals surface area contributed by atoms with Crippen LogP contribution < -0.4 is 5.73 Å². The van der Waals surface area contributed by atoms with Crippen LogP contribution in [0.5, 0.6) is 0 Å². The summed E-state index contributed by atoms with van der Waals surface area (Å²) >= 11 is 0. The molecule has 0 aromatic heterocycles. The predicted molar refractivity (Wildman–Crippen MR) is 71.9 cm³/mol. The van der Waals surface area contributed by atoms with Gasteiger partial charge in [-0.3, -0.25) is 0 Å². The second-order valence-corrected chi connectivity index (χ2v) is 7.89. The Kier molecular flexibility index (Phi) is 2.58. The van der Waals surface area contributed by atoms with Crippen LogP contribution in [0.15, 0.2) is 0 Å². The molecule has 0 saturated heterocycles. The Labute approximate surface area is 110 Å². The molecule has 0 heterocycles. The number of aliphatic hydroxyl groups excluding tert-OH is 1. The van der Waals surface area contributed by atoms with Gasteiger partial charge in [-0.1, -0.05) is 12.8 Å². The van der Waals surface area contributed by atoms with Gasteiger partial charge in [0.2, 0.25) is 0 Å². The first-order valence-electron chi connectivity index (χ1n) is 8.13. The standard InChI is InChI=1S/C16H27NO/c17-16(3-1-2-4-16)15(18)14-12-6-10-5-11(8-12)9-13(14)7-10/h10-15,18H,1-9,17H2. The van der Waals surface area contributed by atoms with E-state index in [2.05, 4.69) is 0 Å². The van der Waals surface area contributed by atoms with Crippen molar-refractivity contribution in [2.45, 2.75) is 69.4 Å². The van der Waals surface area contributed by atoms with Crippen molar-refractivity contribution >= 4 is 0 Å². The van der Waals surface area contributed by atoms with Gasteiger partial charge in [-0.25, -0.2) is 0 Å². The van der Waals surface area contributed by atoms with E-state index in [0.717, 1.165) is 36.5 Å². The van der Waals surface area contributed by atoms with E-state index in [1.54, 1.807) is 0 Å². The molecule has 0 aromatic rings. The molecule has 4 bridgehead atoms. The van der Waals surface area contributed by atoms with Crippen molar-refractivity contribution in [3.63, 3.8) is 0 Å². The molecule has 5 fully saturated rings. The van der Waals surface area contributed by atoms with E-state index >= 15 is 0 Å². The lowest BCUT2D eigenvalue weighted by molar-refractivity contribution is -0.110. The van der Waals surface area contributed by atoms with Gasteiger partial charge in [-0.2, -0.15) is 0 Å². The van der Waals surface area contributed by atoms with Crippen molar-refractivity contribution in [3.05, 3.63) is 0 Å². The van der Waals surface area contributed by atoms with Crippen molar-refractivity contribution in [1.29, 1.82) is 0 Å². The Morgan fingerprint density at radius 2 is 1.39 bits per heavy atom. The highest BCUT2D eigenvalue weighted by molar-refractivity contribution is 5.06. The molecule has 0 radical (unpaired) electrons. The van der Waals surface area contributed by atoms with Crippen LogP contribution >= 0.6 is 0 Å². The molecule has 102 valence electrons. The van der Waals surface area contributed by atoms with Gasteiger partial charge in [0.25, 0.3) is 0 Å². The Balaban J connectivity index is 1.57. The summed E-state index contributed by atoms with van der Waals surface area (Å²) in [5.41, 5.74) is 6.30. The zero-order chi connectivity index (χ0) is 12.3. The number of rotatable bonds is 2. The fourth-order valence-electron chi connectivity index (χ4n) is 6.20.